The number of hydrogen-bond donors (Lipinski definition) is 2. The Bertz CT molecular complexity index is 697. The van der Waals surface area contributed by atoms with E-state index in [1.165, 1.54) is 11.3 Å². The predicted molar refractivity (Wildman–Crippen MR) is 104 cm³/mol. The van der Waals surface area contributed by atoms with Gasteiger partial charge in [0.25, 0.3) is 5.91 Å². The summed E-state index contributed by atoms with van der Waals surface area (Å²) in [6.45, 7) is 2.63. The SMILES string of the molecule is CNCCCNC(=O)c1csc(-c2ccc3c(c2)OCCO3)n1.Cl.Cl. The summed E-state index contributed by atoms with van der Waals surface area (Å²) in [6.07, 6.45) is 0.890. The number of carbonyl (C=O) groups is 1. The average Bonchev–Trinajstić information content (AvgIpc) is 3.08. The van der Waals surface area contributed by atoms with Crippen LogP contribution in [0.2, 0.25) is 0 Å². The molecule has 0 spiro atoms. The third kappa shape index (κ3) is 5.47. The molecule has 0 fully saturated rings. The highest BCUT2D eigenvalue weighted by atomic mass is 35.5. The van der Waals surface area contributed by atoms with Crippen LogP contribution in [-0.4, -0.2) is 44.2 Å². The maximum atomic E-state index is 12.1. The van der Waals surface area contributed by atoms with Crippen molar-refractivity contribution in [2.24, 2.45) is 0 Å². The first-order chi connectivity index (χ1) is 11.3. The Morgan fingerprint density at radius 1 is 1.20 bits per heavy atom. The van der Waals surface area contributed by atoms with Crippen LogP contribution in [0.4, 0.5) is 0 Å². The summed E-state index contributed by atoms with van der Waals surface area (Å²) in [5.41, 5.74) is 1.37. The molecule has 0 bridgehead atoms. The van der Waals surface area contributed by atoms with E-state index in [0.29, 0.717) is 25.5 Å². The van der Waals surface area contributed by atoms with Crippen LogP contribution in [0.3, 0.4) is 0 Å². The van der Waals surface area contributed by atoms with Crippen molar-refractivity contribution < 1.29 is 14.3 Å². The highest BCUT2D eigenvalue weighted by molar-refractivity contribution is 7.13. The zero-order valence-electron chi connectivity index (χ0n) is 13.7. The van der Waals surface area contributed by atoms with Crippen LogP contribution >= 0.6 is 36.2 Å². The summed E-state index contributed by atoms with van der Waals surface area (Å²) >= 11 is 1.44. The molecule has 2 heterocycles. The molecule has 1 aliphatic rings. The molecule has 2 N–H and O–H groups in total. The number of rotatable bonds is 6. The van der Waals surface area contributed by atoms with E-state index in [9.17, 15) is 4.79 Å². The molecule has 2 aromatic rings. The zero-order valence-corrected chi connectivity index (χ0v) is 16.2. The number of aromatic nitrogens is 1. The van der Waals surface area contributed by atoms with Crippen molar-refractivity contribution in [1.29, 1.82) is 0 Å². The first-order valence-electron chi connectivity index (χ1n) is 7.56. The molecule has 0 saturated carbocycles. The Balaban J connectivity index is 0.00000156. The number of thiazole rings is 1. The summed E-state index contributed by atoms with van der Waals surface area (Å²) in [5, 5.41) is 8.48. The number of amides is 1. The number of nitrogens with zero attached hydrogens (tertiary/aromatic N) is 1. The summed E-state index contributed by atoms with van der Waals surface area (Å²) < 4.78 is 11.1. The van der Waals surface area contributed by atoms with Gasteiger partial charge in [0.2, 0.25) is 0 Å². The third-order valence-electron chi connectivity index (χ3n) is 3.42. The molecule has 1 aromatic carbocycles. The Kier molecular flexibility index (Phi) is 8.99. The molecule has 0 unspecified atom stereocenters. The van der Waals surface area contributed by atoms with E-state index in [1.807, 2.05) is 25.2 Å². The van der Waals surface area contributed by atoms with Crippen LogP contribution in [-0.2, 0) is 0 Å². The van der Waals surface area contributed by atoms with Gasteiger partial charge in [0.05, 0.1) is 0 Å². The number of fused-ring (bicyclic) bond motifs is 1. The highest BCUT2D eigenvalue weighted by Gasteiger charge is 2.15. The molecule has 138 valence electrons. The van der Waals surface area contributed by atoms with Gasteiger partial charge in [-0.1, -0.05) is 0 Å². The fourth-order valence-electron chi connectivity index (χ4n) is 2.24. The fraction of sp³-hybridized carbons (Fsp3) is 0.375. The molecule has 1 amide bonds. The molecule has 9 heteroatoms. The first-order valence-corrected chi connectivity index (χ1v) is 8.44. The van der Waals surface area contributed by atoms with E-state index in [-0.39, 0.29) is 30.7 Å². The maximum absolute atomic E-state index is 12.1. The Morgan fingerprint density at radius 3 is 2.72 bits per heavy atom. The van der Waals surface area contributed by atoms with E-state index in [0.717, 1.165) is 35.0 Å². The van der Waals surface area contributed by atoms with E-state index in [2.05, 4.69) is 15.6 Å². The lowest BCUT2D eigenvalue weighted by atomic mass is 10.2. The van der Waals surface area contributed by atoms with Crippen molar-refractivity contribution in [3.63, 3.8) is 0 Å². The van der Waals surface area contributed by atoms with E-state index in [1.54, 1.807) is 5.38 Å². The Morgan fingerprint density at radius 2 is 1.96 bits per heavy atom. The molecule has 0 atom stereocenters. The van der Waals surface area contributed by atoms with Gasteiger partial charge >= 0.3 is 0 Å². The van der Waals surface area contributed by atoms with Crippen LogP contribution < -0.4 is 20.1 Å². The molecule has 1 aliphatic heterocycles. The van der Waals surface area contributed by atoms with Crippen molar-refractivity contribution in [1.82, 2.24) is 15.6 Å². The molecular weight excluding hydrogens is 385 g/mol. The van der Waals surface area contributed by atoms with Gasteiger partial charge in [-0.15, -0.1) is 36.2 Å². The minimum atomic E-state index is -0.138. The van der Waals surface area contributed by atoms with Crippen molar-refractivity contribution in [2.75, 3.05) is 33.4 Å². The monoisotopic (exact) mass is 405 g/mol. The lowest BCUT2D eigenvalue weighted by Gasteiger charge is -2.18. The van der Waals surface area contributed by atoms with Crippen LogP contribution in [0.1, 0.15) is 16.9 Å². The topological polar surface area (TPSA) is 72.5 Å². The molecule has 0 radical (unpaired) electrons. The molecule has 3 rings (SSSR count). The van der Waals surface area contributed by atoms with Gasteiger partial charge in [-0.3, -0.25) is 4.79 Å². The van der Waals surface area contributed by atoms with Crippen molar-refractivity contribution in [3.05, 3.63) is 29.3 Å². The molecule has 25 heavy (non-hydrogen) atoms. The smallest absolute Gasteiger partial charge is 0.270 e. The normalized spacial score (nSPS) is 11.9. The van der Waals surface area contributed by atoms with E-state index >= 15 is 0 Å². The van der Waals surface area contributed by atoms with Crippen molar-refractivity contribution >= 4 is 42.1 Å². The van der Waals surface area contributed by atoms with Crippen LogP contribution in [0.25, 0.3) is 10.6 Å². The van der Waals surface area contributed by atoms with E-state index < -0.39 is 0 Å². The zero-order chi connectivity index (χ0) is 16.1. The number of nitrogens with one attached hydrogen (secondary N) is 2. The van der Waals surface area contributed by atoms with Crippen molar-refractivity contribution in [3.8, 4) is 22.1 Å². The molecule has 0 saturated heterocycles. The van der Waals surface area contributed by atoms with E-state index in [4.69, 9.17) is 9.47 Å². The number of hydrogen-bond acceptors (Lipinski definition) is 6. The standard InChI is InChI=1S/C16H19N3O3S.2ClH/c1-17-5-2-6-18-15(20)12-10-23-16(19-12)11-3-4-13-14(9-11)22-8-7-21-13;;/h3-4,9-10,17H,2,5-8H2,1H3,(H,18,20);2*1H. The van der Waals surface area contributed by atoms with Crippen LogP contribution in [0.15, 0.2) is 23.6 Å². The molecule has 0 aliphatic carbocycles. The van der Waals surface area contributed by atoms with Gasteiger partial charge in [-0.05, 0) is 38.2 Å². The third-order valence-corrected chi connectivity index (χ3v) is 4.31. The second-order valence-corrected chi connectivity index (χ2v) is 5.97. The first kappa shape index (κ1) is 21.5. The van der Waals surface area contributed by atoms with Crippen LogP contribution in [0.5, 0.6) is 11.5 Å². The second kappa shape index (κ2) is 10.5. The Hall–Kier alpha value is -1.54. The largest absolute Gasteiger partial charge is 0.486 e. The summed E-state index contributed by atoms with van der Waals surface area (Å²) in [5.74, 6) is 1.34. The van der Waals surface area contributed by atoms with Crippen LogP contribution in [0, 0.1) is 0 Å². The average molecular weight is 406 g/mol. The lowest BCUT2D eigenvalue weighted by molar-refractivity contribution is 0.0949. The summed E-state index contributed by atoms with van der Waals surface area (Å²) in [7, 11) is 1.89. The lowest BCUT2D eigenvalue weighted by Crippen LogP contribution is -2.26. The van der Waals surface area contributed by atoms with Gasteiger partial charge in [-0.25, -0.2) is 4.98 Å². The summed E-state index contributed by atoms with van der Waals surface area (Å²) in [6, 6.07) is 5.71. The quantitative estimate of drug-likeness (QED) is 0.722. The summed E-state index contributed by atoms with van der Waals surface area (Å²) in [4.78, 5) is 16.5. The molecule has 1 aromatic heterocycles. The minimum absolute atomic E-state index is 0. The highest BCUT2D eigenvalue weighted by Crippen LogP contribution is 2.35. The second-order valence-electron chi connectivity index (χ2n) is 5.11. The molecule has 6 nitrogen and oxygen atoms in total. The Labute approximate surface area is 163 Å². The van der Waals surface area contributed by atoms with Gasteiger partial charge in [-0.2, -0.15) is 0 Å². The van der Waals surface area contributed by atoms with Gasteiger partial charge < -0.3 is 20.1 Å². The number of benzene rings is 1. The maximum Gasteiger partial charge on any atom is 0.270 e. The minimum Gasteiger partial charge on any atom is -0.486 e. The van der Waals surface area contributed by atoms with Gasteiger partial charge in [0, 0.05) is 17.5 Å². The number of ether oxygens (including phenoxy) is 2. The fourth-order valence-corrected chi connectivity index (χ4v) is 3.04. The van der Waals surface area contributed by atoms with Gasteiger partial charge in [0.15, 0.2) is 11.5 Å². The number of halogens is 2. The molecular formula is C16H21Cl2N3O3S. The number of carbonyl (C=O) groups excluding carboxylic acids is 1. The predicted octanol–water partition coefficient (Wildman–Crippen LogP) is 2.76. The van der Waals surface area contributed by atoms with Crippen molar-refractivity contribution in [2.45, 2.75) is 6.42 Å². The van der Waals surface area contributed by atoms with Gasteiger partial charge in [0.1, 0.15) is 23.9 Å².